The SMILES string of the molecule is CC(=O)CCC(NC(=O)C(N)CCC(N)=O)C(N)=O. The van der Waals surface area contributed by atoms with Gasteiger partial charge in [0.05, 0.1) is 6.04 Å². The fourth-order valence-electron chi connectivity index (χ4n) is 1.34. The van der Waals surface area contributed by atoms with E-state index in [1.807, 2.05) is 0 Å². The summed E-state index contributed by atoms with van der Waals surface area (Å²) in [5.41, 5.74) is 15.6. The summed E-state index contributed by atoms with van der Waals surface area (Å²) < 4.78 is 0. The zero-order chi connectivity index (χ0) is 15.0. The Morgan fingerprint density at radius 1 is 1.05 bits per heavy atom. The van der Waals surface area contributed by atoms with Gasteiger partial charge in [0.15, 0.2) is 0 Å². The van der Waals surface area contributed by atoms with E-state index >= 15 is 0 Å². The van der Waals surface area contributed by atoms with Gasteiger partial charge < -0.3 is 27.3 Å². The monoisotopic (exact) mass is 272 g/mol. The summed E-state index contributed by atoms with van der Waals surface area (Å²) in [5, 5.41) is 2.35. The maximum absolute atomic E-state index is 11.6. The standard InChI is InChI=1S/C11H20N4O4/c1-6(16)2-4-8(10(14)18)15-11(19)7(12)3-5-9(13)17/h7-8H,2-5,12H2,1H3,(H2,13,17)(H2,14,18)(H,15,19). The third-order valence-corrected chi connectivity index (χ3v) is 2.48. The molecule has 0 heterocycles. The minimum Gasteiger partial charge on any atom is -0.370 e. The second-order valence-corrected chi connectivity index (χ2v) is 4.32. The predicted octanol–water partition coefficient (Wildman–Crippen LogP) is -2.08. The molecule has 0 aliphatic heterocycles. The summed E-state index contributed by atoms with van der Waals surface area (Å²) in [6.07, 6.45) is 0.311. The molecule has 0 fully saturated rings. The van der Waals surface area contributed by atoms with Crippen LogP contribution in [0.3, 0.4) is 0 Å². The van der Waals surface area contributed by atoms with Gasteiger partial charge in [-0.1, -0.05) is 0 Å². The molecule has 0 radical (unpaired) electrons. The van der Waals surface area contributed by atoms with Gasteiger partial charge in [-0.25, -0.2) is 0 Å². The van der Waals surface area contributed by atoms with Gasteiger partial charge in [-0.2, -0.15) is 0 Å². The van der Waals surface area contributed by atoms with Crippen molar-refractivity contribution < 1.29 is 19.2 Å². The molecule has 2 unspecified atom stereocenters. The third-order valence-electron chi connectivity index (χ3n) is 2.48. The highest BCUT2D eigenvalue weighted by molar-refractivity contribution is 5.89. The number of rotatable bonds is 9. The summed E-state index contributed by atoms with van der Waals surface area (Å²) in [6, 6.07) is -1.90. The van der Waals surface area contributed by atoms with Crippen molar-refractivity contribution in [2.24, 2.45) is 17.2 Å². The Hall–Kier alpha value is -1.96. The molecule has 108 valence electrons. The van der Waals surface area contributed by atoms with E-state index in [0.29, 0.717) is 0 Å². The Morgan fingerprint density at radius 3 is 2.05 bits per heavy atom. The van der Waals surface area contributed by atoms with E-state index in [9.17, 15) is 19.2 Å². The van der Waals surface area contributed by atoms with Crippen molar-refractivity contribution in [1.29, 1.82) is 0 Å². The van der Waals surface area contributed by atoms with Crippen molar-refractivity contribution in [1.82, 2.24) is 5.32 Å². The number of hydrogen-bond donors (Lipinski definition) is 4. The largest absolute Gasteiger partial charge is 0.370 e. The van der Waals surface area contributed by atoms with Crippen LogP contribution in [-0.4, -0.2) is 35.6 Å². The minimum atomic E-state index is -0.952. The molecular weight excluding hydrogens is 252 g/mol. The fourth-order valence-corrected chi connectivity index (χ4v) is 1.34. The minimum absolute atomic E-state index is 0.0245. The van der Waals surface area contributed by atoms with Crippen LogP contribution >= 0.6 is 0 Å². The van der Waals surface area contributed by atoms with Gasteiger partial charge in [0, 0.05) is 12.8 Å². The molecule has 0 aromatic heterocycles. The van der Waals surface area contributed by atoms with E-state index in [1.54, 1.807) is 0 Å². The summed E-state index contributed by atoms with van der Waals surface area (Å²) in [5.74, 6) is -2.02. The van der Waals surface area contributed by atoms with Crippen molar-refractivity contribution in [3.05, 3.63) is 0 Å². The Morgan fingerprint density at radius 2 is 1.63 bits per heavy atom. The van der Waals surface area contributed by atoms with Crippen LogP contribution in [0.2, 0.25) is 0 Å². The van der Waals surface area contributed by atoms with Gasteiger partial charge in [-0.15, -0.1) is 0 Å². The van der Waals surface area contributed by atoms with E-state index in [-0.39, 0.29) is 31.5 Å². The van der Waals surface area contributed by atoms with Crippen LogP contribution < -0.4 is 22.5 Å². The number of primary amides is 2. The van der Waals surface area contributed by atoms with Crippen LogP contribution in [0, 0.1) is 0 Å². The lowest BCUT2D eigenvalue weighted by molar-refractivity contribution is -0.129. The summed E-state index contributed by atoms with van der Waals surface area (Å²) in [6.45, 7) is 1.37. The third kappa shape index (κ3) is 7.87. The average molecular weight is 272 g/mol. The number of carbonyl (C=O) groups is 4. The second-order valence-electron chi connectivity index (χ2n) is 4.32. The number of Topliss-reactive ketones (excluding diaryl/α,β-unsaturated/α-hetero) is 1. The number of hydrogen-bond acceptors (Lipinski definition) is 5. The predicted molar refractivity (Wildman–Crippen MR) is 67.4 cm³/mol. The van der Waals surface area contributed by atoms with Crippen LogP contribution in [0.25, 0.3) is 0 Å². The zero-order valence-corrected chi connectivity index (χ0v) is 10.8. The molecule has 0 bridgehead atoms. The van der Waals surface area contributed by atoms with Crippen LogP contribution in [0.15, 0.2) is 0 Å². The van der Waals surface area contributed by atoms with Crippen molar-refractivity contribution in [2.45, 2.75) is 44.7 Å². The zero-order valence-electron chi connectivity index (χ0n) is 10.8. The quantitative estimate of drug-likeness (QED) is 0.378. The fraction of sp³-hybridized carbons (Fsp3) is 0.636. The molecule has 0 rings (SSSR count). The second kappa shape index (κ2) is 8.20. The molecule has 7 N–H and O–H groups in total. The maximum Gasteiger partial charge on any atom is 0.240 e. The van der Waals surface area contributed by atoms with Crippen molar-refractivity contribution in [3.8, 4) is 0 Å². The number of amides is 3. The number of carbonyl (C=O) groups excluding carboxylic acids is 4. The Bertz CT molecular complexity index is 370. The summed E-state index contributed by atoms with van der Waals surface area (Å²) in [4.78, 5) is 44.1. The first-order valence-corrected chi connectivity index (χ1v) is 5.87. The Kier molecular flexibility index (Phi) is 7.35. The molecule has 3 amide bonds. The molecule has 8 heteroatoms. The molecule has 2 atom stereocenters. The Balaban J connectivity index is 4.33. The first-order valence-electron chi connectivity index (χ1n) is 5.87. The molecule has 0 saturated carbocycles. The molecule has 19 heavy (non-hydrogen) atoms. The summed E-state index contributed by atoms with van der Waals surface area (Å²) in [7, 11) is 0. The lowest BCUT2D eigenvalue weighted by Gasteiger charge is -2.17. The Labute approximate surface area is 111 Å². The van der Waals surface area contributed by atoms with Crippen LogP contribution in [-0.2, 0) is 19.2 Å². The number of nitrogens with one attached hydrogen (secondary N) is 1. The molecular formula is C11H20N4O4. The molecule has 0 aromatic carbocycles. The van der Waals surface area contributed by atoms with Gasteiger partial charge in [-0.3, -0.25) is 14.4 Å². The smallest absolute Gasteiger partial charge is 0.240 e. The van der Waals surface area contributed by atoms with Gasteiger partial charge in [0.1, 0.15) is 11.8 Å². The summed E-state index contributed by atoms with van der Waals surface area (Å²) >= 11 is 0. The molecule has 0 aromatic rings. The van der Waals surface area contributed by atoms with Gasteiger partial charge in [0.25, 0.3) is 0 Å². The van der Waals surface area contributed by atoms with Crippen LogP contribution in [0.5, 0.6) is 0 Å². The van der Waals surface area contributed by atoms with E-state index in [0.717, 1.165) is 0 Å². The van der Waals surface area contributed by atoms with Crippen molar-refractivity contribution >= 4 is 23.5 Å². The highest BCUT2D eigenvalue weighted by Gasteiger charge is 2.22. The molecule has 0 spiro atoms. The van der Waals surface area contributed by atoms with Crippen LogP contribution in [0.1, 0.15) is 32.6 Å². The first-order chi connectivity index (χ1) is 8.73. The normalized spacial score (nSPS) is 13.4. The van der Waals surface area contributed by atoms with E-state index in [1.165, 1.54) is 6.92 Å². The van der Waals surface area contributed by atoms with Gasteiger partial charge >= 0.3 is 0 Å². The van der Waals surface area contributed by atoms with E-state index in [2.05, 4.69) is 5.32 Å². The van der Waals surface area contributed by atoms with Crippen LogP contribution in [0.4, 0.5) is 0 Å². The average Bonchev–Trinajstić information content (AvgIpc) is 2.30. The van der Waals surface area contributed by atoms with Crippen molar-refractivity contribution in [3.63, 3.8) is 0 Å². The molecule has 0 saturated heterocycles. The molecule has 0 aliphatic rings. The molecule has 0 aliphatic carbocycles. The number of ketones is 1. The topological polar surface area (TPSA) is 158 Å². The number of nitrogens with two attached hydrogens (primary N) is 3. The molecule has 8 nitrogen and oxygen atoms in total. The van der Waals surface area contributed by atoms with Gasteiger partial charge in [-0.05, 0) is 19.8 Å². The lowest BCUT2D eigenvalue weighted by atomic mass is 10.1. The highest BCUT2D eigenvalue weighted by Crippen LogP contribution is 2.00. The van der Waals surface area contributed by atoms with E-state index < -0.39 is 29.8 Å². The van der Waals surface area contributed by atoms with E-state index in [4.69, 9.17) is 17.2 Å². The lowest BCUT2D eigenvalue weighted by Crippen LogP contribution is -2.50. The highest BCUT2D eigenvalue weighted by atomic mass is 16.2. The van der Waals surface area contributed by atoms with Crippen molar-refractivity contribution in [2.75, 3.05) is 0 Å². The van der Waals surface area contributed by atoms with Gasteiger partial charge in [0.2, 0.25) is 17.7 Å². The first kappa shape index (κ1) is 17.0. The maximum atomic E-state index is 11.6.